The van der Waals surface area contributed by atoms with E-state index in [4.69, 9.17) is 0 Å². The summed E-state index contributed by atoms with van der Waals surface area (Å²) in [5.41, 5.74) is 0. The van der Waals surface area contributed by atoms with E-state index in [1.165, 1.54) is 38.8 Å². The van der Waals surface area contributed by atoms with Crippen LogP contribution in [0.5, 0.6) is 0 Å². The molecule has 1 aliphatic heterocycles. The minimum atomic E-state index is 0.976. The molecule has 2 rings (SSSR count). The first-order valence-corrected chi connectivity index (χ1v) is 4.60. The molecule has 0 bridgehead atoms. The zero-order chi connectivity index (χ0) is 6.97. The standard InChI is InChI=1S/C9H17N/c1-8-3-2-4-9(7-8)10-5-6-10/h8-9H,2-7H2,1H3. The Morgan fingerprint density at radius 2 is 2.00 bits per heavy atom. The van der Waals surface area contributed by atoms with Crippen molar-refractivity contribution in [2.45, 2.75) is 38.6 Å². The molecule has 0 amide bonds. The van der Waals surface area contributed by atoms with Crippen molar-refractivity contribution in [1.82, 2.24) is 4.90 Å². The molecule has 0 aromatic rings. The van der Waals surface area contributed by atoms with Crippen LogP contribution >= 0.6 is 0 Å². The highest BCUT2D eigenvalue weighted by atomic mass is 15.3. The van der Waals surface area contributed by atoms with Gasteiger partial charge in [0.05, 0.1) is 0 Å². The monoisotopic (exact) mass is 139 g/mol. The molecule has 0 spiro atoms. The Balaban J connectivity index is 1.84. The molecule has 2 atom stereocenters. The Labute approximate surface area is 63.4 Å². The van der Waals surface area contributed by atoms with Crippen LogP contribution in [-0.2, 0) is 0 Å². The SMILES string of the molecule is CC1CCCC(N2CC2)C1. The molecule has 1 saturated heterocycles. The fourth-order valence-corrected chi connectivity index (χ4v) is 2.16. The molecule has 0 aromatic carbocycles. The maximum atomic E-state index is 2.62. The van der Waals surface area contributed by atoms with E-state index in [0.29, 0.717) is 0 Å². The molecule has 0 radical (unpaired) electrons. The van der Waals surface area contributed by atoms with Crippen molar-refractivity contribution in [2.75, 3.05) is 13.1 Å². The lowest BCUT2D eigenvalue weighted by atomic mass is 9.87. The summed E-state index contributed by atoms with van der Waals surface area (Å²) in [5, 5.41) is 0. The van der Waals surface area contributed by atoms with Crippen LogP contribution in [0.2, 0.25) is 0 Å². The van der Waals surface area contributed by atoms with Gasteiger partial charge in [-0.2, -0.15) is 0 Å². The van der Waals surface area contributed by atoms with E-state index in [2.05, 4.69) is 11.8 Å². The summed E-state index contributed by atoms with van der Waals surface area (Å²) in [6.45, 7) is 5.17. The molecular formula is C9H17N. The van der Waals surface area contributed by atoms with Crippen molar-refractivity contribution in [3.05, 3.63) is 0 Å². The normalized spacial score (nSPS) is 41.7. The topological polar surface area (TPSA) is 3.01 Å². The molecule has 1 heteroatoms. The zero-order valence-corrected chi connectivity index (χ0v) is 6.84. The van der Waals surface area contributed by atoms with Crippen LogP contribution in [0.1, 0.15) is 32.6 Å². The summed E-state index contributed by atoms with van der Waals surface area (Å²) in [6, 6.07) is 0.976. The Bertz CT molecular complexity index is 118. The van der Waals surface area contributed by atoms with Gasteiger partial charge in [0.1, 0.15) is 0 Å². The second-order valence-corrected chi connectivity index (χ2v) is 3.96. The molecule has 2 fully saturated rings. The molecule has 1 saturated carbocycles. The van der Waals surface area contributed by atoms with E-state index in [1.807, 2.05) is 0 Å². The van der Waals surface area contributed by atoms with Gasteiger partial charge in [0.2, 0.25) is 0 Å². The molecule has 1 nitrogen and oxygen atoms in total. The third-order valence-electron chi connectivity index (χ3n) is 2.91. The summed E-state index contributed by atoms with van der Waals surface area (Å²) >= 11 is 0. The summed E-state index contributed by atoms with van der Waals surface area (Å²) < 4.78 is 0. The smallest absolute Gasteiger partial charge is 0.0113 e. The zero-order valence-electron chi connectivity index (χ0n) is 6.84. The lowest BCUT2D eigenvalue weighted by molar-refractivity contribution is 0.247. The minimum Gasteiger partial charge on any atom is -0.298 e. The Kier molecular flexibility index (Phi) is 1.69. The highest BCUT2D eigenvalue weighted by Crippen LogP contribution is 2.29. The maximum Gasteiger partial charge on any atom is 0.0113 e. The van der Waals surface area contributed by atoms with Crippen molar-refractivity contribution in [1.29, 1.82) is 0 Å². The molecule has 1 heterocycles. The Hall–Kier alpha value is -0.0400. The number of nitrogens with zero attached hydrogens (tertiary/aromatic N) is 1. The Morgan fingerprint density at radius 3 is 2.60 bits per heavy atom. The van der Waals surface area contributed by atoms with Gasteiger partial charge < -0.3 is 0 Å². The van der Waals surface area contributed by atoms with Gasteiger partial charge in [0.25, 0.3) is 0 Å². The van der Waals surface area contributed by atoms with Gasteiger partial charge in [-0.3, -0.25) is 4.90 Å². The van der Waals surface area contributed by atoms with Crippen LogP contribution in [0, 0.1) is 5.92 Å². The molecule has 2 aliphatic rings. The molecule has 2 unspecified atom stereocenters. The third-order valence-corrected chi connectivity index (χ3v) is 2.91. The highest BCUT2D eigenvalue weighted by Gasteiger charge is 2.30. The van der Waals surface area contributed by atoms with E-state index in [-0.39, 0.29) is 0 Å². The van der Waals surface area contributed by atoms with Crippen LogP contribution in [0.25, 0.3) is 0 Å². The van der Waals surface area contributed by atoms with Crippen molar-refractivity contribution in [3.8, 4) is 0 Å². The van der Waals surface area contributed by atoms with E-state index in [9.17, 15) is 0 Å². The predicted octanol–water partition coefficient (Wildman–Crippen LogP) is 1.88. The lowest BCUT2D eigenvalue weighted by Gasteiger charge is -2.27. The second kappa shape index (κ2) is 2.54. The third kappa shape index (κ3) is 1.34. The maximum absolute atomic E-state index is 2.62. The van der Waals surface area contributed by atoms with Crippen LogP contribution in [0.15, 0.2) is 0 Å². The van der Waals surface area contributed by atoms with Crippen molar-refractivity contribution in [2.24, 2.45) is 5.92 Å². The van der Waals surface area contributed by atoms with Gasteiger partial charge in [0.15, 0.2) is 0 Å². The molecule has 0 N–H and O–H groups in total. The number of rotatable bonds is 1. The average molecular weight is 139 g/mol. The lowest BCUT2D eigenvalue weighted by Crippen LogP contribution is -2.25. The van der Waals surface area contributed by atoms with E-state index < -0.39 is 0 Å². The summed E-state index contributed by atoms with van der Waals surface area (Å²) in [5.74, 6) is 0.999. The molecule has 0 aromatic heterocycles. The first-order valence-electron chi connectivity index (χ1n) is 4.60. The second-order valence-electron chi connectivity index (χ2n) is 3.96. The summed E-state index contributed by atoms with van der Waals surface area (Å²) in [4.78, 5) is 2.62. The van der Waals surface area contributed by atoms with E-state index in [0.717, 1.165) is 12.0 Å². The summed E-state index contributed by atoms with van der Waals surface area (Å²) in [6.07, 6.45) is 5.90. The number of hydrogen-bond acceptors (Lipinski definition) is 1. The van der Waals surface area contributed by atoms with Gasteiger partial charge in [-0.25, -0.2) is 0 Å². The number of hydrogen-bond donors (Lipinski definition) is 0. The quantitative estimate of drug-likeness (QED) is 0.501. The van der Waals surface area contributed by atoms with E-state index in [1.54, 1.807) is 0 Å². The minimum absolute atomic E-state index is 0.976. The molecular weight excluding hydrogens is 122 g/mol. The highest BCUT2D eigenvalue weighted by molar-refractivity contribution is 4.85. The Morgan fingerprint density at radius 1 is 1.20 bits per heavy atom. The van der Waals surface area contributed by atoms with Gasteiger partial charge in [-0.05, 0) is 18.8 Å². The van der Waals surface area contributed by atoms with Crippen LogP contribution < -0.4 is 0 Å². The largest absolute Gasteiger partial charge is 0.298 e. The van der Waals surface area contributed by atoms with Crippen LogP contribution in [0.4, 0.5) is 0 Å². The van der Waals surface area contributed by atoms with Gasteiger partial charge >= 0.3 is 0 Å². The van der Waals surface area contributed by atoms with E-state index >= 15 is 0 Å². The van der Waals surface area contributed by atoms with Crippen LogP contribution in [0.3, 0.4) is 0 Å². The molecule has 1 aliphatic carbocycles. The molecule has 10 heavy (non-hydrogen) atoms. The van der Waals surface area contributed by atoms with Crippen molar-refractivity contribution < 1.29 is 0 Å². The predicted molar refractivity (Wildman–Crippen MR) is 43.0 cm³/mol. The van der Waals surface area contributed by atoms with Gasteiger partial charge in [-0.1, -0.05) is 19.8 Å². The summed E-state index contributed by atoms with van der Waals surface area (Å²) in [7, 11) is 0. The van der Waals surface area contributed by atoms with Gasteiger partial charge in [-0.15, -0.1) is 0 Å². The first-order chi connectivity index (χ1) is 4.86. The average Bonchev–Trinajstić information content (AvgIpc) is 2.68. The van der Waals surface area contributed by atoms with Crippen molar-refractivity contribution in [3.63, 3.8) is 0 Å². The van der Waals surface area contributed by atoms with Gasteiger partial charge in [0, 0.05) is 19.1 Å². The fourth-order valence-electron chi connectivity index (χ4n) is 2.16. The first kappa shape index (κ1) is 6.66. The fraction of sp³-hybridized carbons (Fsp3) is 1.00. The van der Waals surface area contributed by atoms with Crippen LogP contribution in [-0.4, -0.2) is 24.0 Å². The molecule has 58 valence electrons. The van der Waals surface area contributed by atoms with Crippen molar-refractivity contribution >= 4 is 0 Å².